The van der Waals surface area contributed by atoms with Crippen LogP contribution in [-0.2, 0) is 0 Å². The molecule has 0 fully saturated rings. The molecule has 1 aromatic carbocycles. The summed E-state index contributed by atoms with van der Waals surface area (Å²) in [6, 6.07) is 3.36. The molecule has 1 atom stereocenters. The van der Waals surface area contributed by atoms with Crippen molar-refractivity contribution in [1.82, 2.24) is 4.90 Å². The number of hydrogen-bond acceptors (Lipinski definition) is 2. The Bertz CT molecular complexity index is 418. The van der Waals surface area contributed by atoms with Crippen molar-refractivity contribution in [3.05, 3.63) is 35.4 Å². The van der Waals surface area contributed by atoms with Crippen LogP contribution in [0.3, 0.4) is 0 Å². The van der Waals surface area contributed by atoms with Crippen LogP contribution in [0.5, 0.6) is 0 Å². The Morgan fingerprint density at radius 3 is 2.61 bits per heavy atom. The van der Waals surface area contributed by atoms with E-state index in [0.29, 0.717) is 0 Å². The smallest absolute Gasteiger partial charge is 0.135 e. The second-order valence-corrected chi connectivity index (χ2v) is 4.62. The number of benzene rings is 1. The molecule has 0 spiro atoms. The summed E-state index contributed by atoms with van der Waals surface area (Å²) in [5.74, 6) is -1.31. The highest BCUT2D eigenvalue weighted by atomic mass is 19.1. The van der Waals surface area contributed by atoms with Crippen molar-refractivity contribution in [3.8, 4) is 0 Å². The zero-order valence-corrected chi connectivity index (χ0v) is 11.1. The lowest BCUT2D eigenvalue weighted by atomic mass is 9.95. The number of rotatable bonds is 6. The first-order valence-corrected chi connectivity index (χ1v) is 6.18. The van der Waals surface area contributed by atoms with Crippen molar-refractivity contribution in [1.29, 1.82) is 5.41 Å². The number of nitrogens with zero attached hydrogens (tertiary/aromatic N) is 1. The largest absolute Gasteiger partial charge is 0.307 e. The van der Waals surface area contributed by atoms with Gasteiger partial charge < -0.3 is 10.3 Å². The molecule has 18 heavy (non-hydrogen) atoms. The molecule has 0 saturated heterocycles. The van der Waals surface area contributed by atoms with Gasteiger partial charge in [-0.25, -0.2) is 8.78 Å². The molecule has 100 valence electrons. The molecular formula is C14H20F2N2. The van der Waals surface area contributed by atoms with Crippen LogP contribution in [-0.4, -0.2) is 30.7 Å². The molecule has 1 unspecified atom stereocenters. The third-order valence-electron chi connectivity index (χ3n) is 3.20. The van der Waals surface area contributed by atoms with Crippen LogP contribution in [0.4, 0.5) is 8.78 Å². The average Bonchev–Trinajstić information content (AvgIpc) is 2.34. The Balaban J connectivity index is 2.68. The van der Waals surface area contributed by atoms with E-state index in [2.05, 4.69) is 11.8 Å². The Morgan fingerprint density at radius 2 is 2.06 bits per heavy atom. The zero-order chi connectivity index (χ0) is 13.7. The van der Waals surface area contributed by atoms with Crippen LogP contribution in [0.15, 0.2) is 18.2 Å². The standard InChI is InChI=1S/C14H20F2N2/c1-4-18(3)8-7-10(2)14(17)12-6-5-11(15)9-13(12)16/h5-6,9-10,17H,4,7-8H2,1-3H3. The minimum Gasteiger partial charge on any atom is -0.307 e. The number of halogens is 2. The maximum absolute atomic E-state index is 13.5. The molecule has 0 amide bonds. The van der Waals surface area contributed by atoms with Gasteiger partial charge in [0.15, 0.2) is 0 Å². The monoisotopic (exact) mass is 254 g/mol. The minimum absolute atomic E-state index is 0.0426. The second kappa shape index (κ2) is 6.59. The quantitative estimate of drug-likeness (QED) is 0.775. The van der Waals surface area contributed by atoms with Gasteiger partial charge in [0.1, 0.15) is 11.6 Å². The van der Waals surface area contributed by atoms with E-state index in [0.717, 1.165) is 25.6 Å². The summed E-state index contributed by atoms with van der Waals surface area (Å²) in [6.07, 6.45) is 0.792. The highest BCUT2D eigenvalue weighted by molar-refractivity contribution is 5.99. The molecule has 0 radical (unpaired) electrons. The minimum atomic E-state index is -0.657. The van der Waals surface area contributed by atoms with Gasteiger partial charge in [0, 0.05) is 17.3 Å². The molecule has 0 aromatic heterocycles. The fourth-order valence-corrected chi connectivity index (χ4v) is 1.69. The van der Waals surface area contributed by atoms with E-state index in [4.69, 9.17) is 5.41 Å². The Kier molecular flexibility index (Phi) is 5.41. The first kappa shape index (κ1) is 14.8. The van der Waals surface area contributed by atoms with Gasteiger partial charge in [0.05, 0.1) is 0 Å². The highest BCUT2D eigenvalue weighted by Gasteiger charge is 2.15. The van der Waals surface area contributed by atoms with Crippen molar-refractivity contribution in [2.45, 2.75) is 20.3 Å². The van der Waals surface area contributed by atoms with Gasteiger partial charge in [0.25, 0.3) is 0 Å². The predicted octanol–water partition coefficient (Wildman–Crippen LogP) is 3.31. The molecule has 2 nitrogen and oxygen atoms in total. The average molecular weight is 254 g/mol. The summed E-state index contributed by atoms with van der Waals surface area (Å²) in [7, 11) is 2.01. The molecule has 0 saturated carbocycles. The summed E-state index contributed by atoms with van der Waals surface area (Å²) >= 11 is 0. The van der Waals surface area contributed by atoms with Crippen molar-refractivity contribution >= 4 is 5.71 Å². The van der Waals surface area contributed by atoms with Crippen molar-refractivity contribution in [3.63, 3.8) is 0 Å². The Hall–Kier alpha value is -1.29. The number of nitrogens with one attached hydrogen (secondary N) is 1. The lowest BCUT2D eigenvalue weighted by molar-refractivity contribution is 0.336. The third kappa shape index (κ3) is 3.88. The normalized spacial score (nSPS) is 12.8. The molecule has 0 bridgehead atoms. The maximum Gasteiger partial charge on any atom is 0.135 e. The summed E-state index contributed by atoms with van der Waals surface area (Å²) in [4.78, 5) is 2.14. The molecule has 1 N–H and O–H groups in total. The lowest BCUT2D eigenvalue weighted by Crippen LogP contribution is -2.23. The van der Waals surface area contributed by atoms with Crippen LogP contribution in [0.25, 0.3) is 0 Å². The summed E-state index contributed by atoms with van der Waals surface area (Å²) in [6.45, 7) is 5.78. The van der Waals surface area contributed by atoms with Gasteiger partial charge >= 0.3 is 0 Å². The van der Waals surface area contributed by atoms with Crippen LogP contribution in [0.2, 0.25) is 0 Å². The maximum atomic E-state index is 13.5. The molecule has 0 heterocycles. The van der Waals surface area contributed by atoms with Gasteiger partial charge in [-0.2, -0.15) is 0 Å². The summed E-state index contributed by atoms with van der Waals surface area (Å²) < 4.78 is 26.3. The van der Waals surface area contributed by atoms with Crippen LogP contribution in [0.1, 0.15) is 25.8 Å². The first-order valence-electron chi connectivity index (χ1n) is 6.18. The van der Waals surface area contributed by atoms with Gasteiger partial charge in [-0.3, -0.25) is 0 Å². The van der Waals surface area contributed by atoms with Crippen molar-refractivity contribution < 1.29 is 8.78 Å². The molecule has 1 aromatic rings. The molecule has 0 aliphatic heterocycles. The van der Waals surface area contributed by atoms with Gasteiger partial charge in [-0.15, -0.1) is 0 Å². The first-order chi connectivity index (χ1) is 8.45. The van der Waals surface area contributed by atoms with Crippen molar-refractivity contribution in [2.75, 3.05) is 20.1 Å². The van der Waals surface area contributed by atoms with Crippen LogP contribution < -0.4 is 0 Å². The molecule has 0 aliphatic carbocycles. The topological polar surface area (TPSA) is 27.1 Å². The fraction of sp³-hybridized carbons (Fsp3) is 0.500. The highest BCUT2D eigenvalue weighted by Crippen LogP contribution is 2.16. The molecular weight excluding hydrogens is 234 g/mol. The lowest BCUT2D eigenvalue weighted by Gasteiger charge is -2.18. The Labute approximate surface area is 107 Å². The third-order valence-corrected chi connectivity index (χ3v) is 3.20. The van der Waals surface area contributed by atoms with E-state index < -0.39 is 11.6 Å². The predicted molar refractivity (Wildman–Crippen MR) is 70.1 cm³/mol. The van der Waals surface area contributed by atoms with Crippen LogP contribution >= 0.6 is 0 Å². The molecule has 1 rings (SSSR count). The number of hydrogen-bond donors (Lipinski definition) is 1. The SMILES string of the molecule is CCN(C)CCC(C)C(=N)c1ccc(F)cc1F. The fourth-order valence-electron chi connectivity index (χ4n) is 1.69. The van der Waals surface area contributed by atoms with E-state index in [9.17, 15) is 8.78 Å². The van der Waals surface area contributed by atoms with E-state index in [-0.39, 0.29) is 17.2 Å². The Morgan fingerprint density at radius 1 is 1.39 bits per heavy atom. The van der Waals surface area contributed by atoms with Gasteiger partial charge in [-0.1, -0.05) is 13.8 Å². The summed E-state index contributed by atoms with van der Waals surface area (Å²) in [5, 5.41) is 7.97. The van der Waals surface area contributed by atoms with E-state index in [1.54, 1.807) is 0 Å². The van der Waals surface area contributed by atoms with E-state index in [1.807, 2.05) is 14.0 Å². The van der Waals surface area contributed by atoms with E-state index in [1.165, 1.54) is 12.1 Å². The van der Waals surface area contributed by atoms with Crippen LogP contribution in [0, 0.1) is 23.0 Å². The molecule has 4 heteroatoms. The van der Waals surface area contributed by atoms with Gasteiger partial charge in [-0.05, 0) is 44.6 Å². The summed E-state index contributed by atoms with van der Waals surface area (Å²) in [5.41, 5.74) is 0.431. The second-order valence-electron chi connectivity index (χ2n) is 4.62. The van der Waals surface area contributed by atoms with Gasteiger partial charge in [0.2, 0.25) is 0 Å². The molecule has 0 aliphatic rings. The zero-order valence-electron chi connectivity index (χ0n) is 11.1. The van der Waals surface area contributed by atoms with E-state index >= 15 is 0 Å². The van der Waals surface area contributed by atoms with Crippen molar-refractivity contribution in [2.24, 2.45) is 5.92 Å².